The number of furan rings is 1. The number of amides is 2. The SMILES string of the molecule is CCC(CNC(=O)C(NC(=O)c1ccco1)C(C)C)N1CCc2ccccc2C1. The Bertz CT molecular complexity index is 817. The Morgan fingerprint density at radius 2 is 1.90 bits per heavy atom. The van der Waals surface area contributed by atoms with Crippen molar-refractivity contribution in [3.05, 3.63) is 59.5 Å². The molecule has 2 heterocycles. The summed E-state index contributed by atoms with van der Waals surface area (Å²) >= 11 is 0. The summed E-state index contributed by atoms with van der Waals surface area (Å²) in [7, 11) is 0. The zero-order valence-corrected chi connectivity index (χ0v) is 17.5. The van der Waals surface area contributed by atoms with E-state index in [4.69, 9.17) is 4.42 Å². The molecule has 6 nitrogen and oxygen atoms in total. The van der Waals surface area contributed by atoms with Crippen molar-refractivity contribution in [1.29, 1.82) is 0 Å². The van der Waals surface area contributed by atoms with Crippen molar-refractivity contribution in [3.8, 4) is 0 Å². The fourth-order valence-electron chi connectivity index (χ4n) is 3.84. The topological polar surface area (TPSA) is 74.6 Å². The zero-order valence-electron chi connectivity index (χ0n) is 17.5. The van der Waals surface area contributed by atoms with Crippen LogP contribution in [0.15, 0.2) is 47.1 Å². The zero-order chi connectivity index (χ0) is 20.8. The van der Waals surface area contributed by atoms with Crippen LogP contribution in [0.3, 0.4) is 0 Å². The van der Waals surface area contributed by atoms with Crippen molar-refractivity contribution in [1.82, 2.24) is 15.5 Å². The van der Waals surface area contributed by atoms with Gasteiger partial charge in [-0.1, -0.05) is 45.0 Å². The van der Waals surface area contributed by atoms with Gasteiger partial charge in [-0.25, -0.2) is 0 Å². The van der Waals surface area contributed by atoms with E-state index in [2.05, 4.69) is 46.7 Å². The first-order chi connectivity index (χ1) is 14.0. The Kier molecular flexibility index (Phi) is 7.09. The summed E-state index contributed by atoms with van der Waals surface area (Å²) in [5.41, 5.74) is 2.79. The molecule has 0 saturated carbocycles. The van der Waals surface area contributed by atoms with E-state index < -0.39 is 6.04 Å². The summed E-state index contributed by atoms with van der Waals surface area (Å²) in [5.74, 6) is -0.350. The molecule has 2 atom stereocenters. The number of carbonyl (C=O) groups excluding carboxylic acids is 2. The van der Waals surface area contributed by atoms with Crippen molar-refractivity contribution in [2.24, 2.45) is 5.92 Å². The van der Waals surface area contributed by atoms with Crippen LogP contribution in [0.1, 0.15) is 48.9 Å². The molecule has 156 valence electrons. The molecule has 0 aliphatic carbocycles. The molecule has 0 radical (unpaired) electrons. The molecule has 2 N–H and O–H groups in total. The van der Waals surface area contributed by atoms with E-state index in [1.807, 2.05) is 13.8 Å². The van der Waals surface area contributed by atoms with Gasteiger partial charge in [0.25, 0.3) is 5.91 Å². The van der Waals surface area contributed by atoms with Gasteiger partial charge >= 0.3 is 0 Å². The molecule has 2 unspecified atom stereocenters. The molecule has 1 aliphatic heterocycles. The van der Waals surface area contributed by atoms with Gasteiger partial charge in [0.1, 0.15) is 6.04 Å². The molecule has 0 fully saturated rings. The largest absolute Gasteiger partial charge is 0.459 e. The monoisotopic (exact) mass is 397 g/mol. The van der Waals surface area contributed by atoms with Gasteiger partial charge in [0.05, 0.1) is 6.26 Å². The fourth-order valence-corrected chi connectivity index (χ4v) is 3.84. The quantitative estimate of drug-likeness (QED) is 0.718. The van der Waals surface area contributed by atoms with Crippen LogP contribution in [0.4, 0.5) is 0 Å². The smallest absolute Gasteiger partial charge is 0.287 e. The Hall–Kier alpha value is -2.60. The average molecular weight is 398 g/mol. The lowest BCUT2D eigenvalue weighted by Crippen LogP contribution is -2.53. The van der Waals surface area contributed by atoms with Crippen molar-refractivity contribution < 1.29 is 14.0 Å². The maximum absolute atomic E-state index is 12.8. The van der Waals surface area contributed by atoms with Gasteiger partial charge in [-0.2, -0.15) is 0 Å². The van der Waals surface area contributed by atoms with Crippen LogP contribution >= 0.6 is 0 Å². The summed E-state index contributed by atoms with van der Waals surface area (Å²) in [6.07, 6.45) is 3.43. The first kappa shape index (κ1) is 21.1. The minimum absolute atomic E-state index is 0.0316. The van der Waals surface area contributed by atoms with Gasteiger partial charge in [0, 0.05) is 25.7 Å². The van der Waals surface area contributed by atoms with Crippen molar-refractivity contribution in [2.45, 2.75) is 52.2 Å². The van der Waals surface area contributed by atoms with Gasteiger partial charge in [-0.15, -0.1) is 0 Å². The fraction of sp³-hybridized carbons (Fsp3) is 0.478. The summed E-state index contributed by atoms with van der Waals surface area (Å²) in [5, 5.41) is 5.86. The van der Waals surface area contributed by atoms with Gasteiger partial charge in [0.15, 0.2) is 5.76 Å². The lowest BCUT2D eigenvalue weighted by atomic mass is 9.98. The average Bonchev–Trinajstić information content (AvgIpc) is 3.27. The van der Waals surface area contributed by atoms with Crippen LogP contribution < -0.4 is 10.6 Å². The molecule has 1 aliphatic rings. The Balaban J connectivity index is 1.57. The van der Waals surface area contributed by atoms with E-state index in [0.29, 0.717) is 6.54 Å². The standard InChI is InChI=1S/C23H31N3O3/c1-4-19(26-12-11-17-8-5-6-9-18(17)15-26)14-24-23(28)21(16(2)3)25-22(27)20-10-7-13-29-20/h5-10,13,16,19,21H,4,11-12,14-15H2,1-3H3,(H,24,28)(H,25,27). The second-order valence-corrected chi connectivity index (χ2v) is 7.97. The second kappa shape index (κ2) is 9.74. The molecule has 0 saturated heterocycles. The Labute approximate surface area is 172 Å². The van der Waals surface area contributed by atoms with E-state index in [1.54, 1.807) is 12.1 Å². The highest BCUT2D eigenvalue weighted by Crippen LogP contribution is 2.21. The highest BCUT2D eigenvalue weighted by atomic mass is 16.3. The third-order valence-electron chi connectivity index (χ3n) is 5.64. The number of carbonyl (C=O) groups is 2. The van der Waals surface area contributed by atoms with Crippen LogP contribution in [0.25, 0.3) is 0 Å². The van der Waals surface area contributed by atoms with E-state index in [0.717, 1.165) is 25.9 Å². The first-order valence-electron chi connectivity index (χ1n) is 10.4. The molecular weight excluding hydrogens is 366 g/mol. The van der Waals surface area contributed by atoms with E-state index in [9.17, 15) is 9.59 Å². The highest BCUT2D eigenvalue weighted by molar-refractivity contribution is 5.95. The number of nitrogens with zero attached hydrogens (tertiary/aromatic N) is 1. The number of fused-ring (bicyclic) bond motifs is 1. The van der Waals surface area contributed by atoms with E-state index >= 15 is 0 Å². The first-order valence-corrected chi connectivity index (χ1v) is 10.4. The van der Waals surface area contributed by atoms with Crippen molar-refractivity contribution in [2.75, 3.05) is 13.1 Å². The van der Waals surface area contributed by atoms with Crippen LogP contribution in [0, 0.1) is 5.92 Å². The molecule has 3 rings (SSSR count). The molecule has 2 aromatic rings. The third-order valence-corrected chi connectivity index (χ3v) is 5.64. The van der Waals surface area contributed by atoms with Gasteiger partial charge in [0.2, 0.25) is 5.91 Å². The maximum Gasteiger partial charge on any atom is 0.287 e. The Morgan fingerprint density at radius 3 is 2.55 bits per heavy atom. The van der Waals surface area contributed by atoms with Gasteiger partial charge in [-0.05, 0) is 42.0 Å². The molecule has 2 amide bonds. The lowest BCUT2D eigenvalue weighted by Gasteiger charge is -2.35. The molecule has 0 bridgehead atoms. The van der Waals surface area contributed by atoms with Crippen molar-refractivity contribution >= 4 is 11.8 Å². The summed E-state index contributed by atoms with van der Waals surface area (Å²) in [4.78, 5) is 27.5. The molecular formula is C23H31N3O3. The van der Waals surface area contributed by atoms with Crippen molar-refractivity contribution in [3.63, 3.8) is 0 Å². The normalized spacial score (nSPS) is 16.1. The molecule has 29 heavy (non-hydrogen) atoms. The number of nitrogens with one attached hydrogen (secondary N) is 2. The summed E-state index contributed by atoms with van der Waals surface area (Å²) in [6, 6.07) is 11.5. The number of hydrogen-bond donors (Lipinski definition) is 2. The lowest BCUT2D eigenvalue weighted by molar-refractivity contribution is -0.124. The van der Waals surface area contributed by atoms with Crippen LogP contribution in [-0.2, 0) is 17.8 Å². The molecule has 1 aromatic heterocycles. The number of hydrogen-bond acceptors (Lipinski definition) is 4. The minimum Gasteiger partial charge on any atom is -0.459 e. The maximum atomic E-state index is 12.8. The number of rotatable bonds is 8. The van der Waals surface area contributed by atoms with Gasteiger partial charge < -0.3 is 15.1 Å². The number of benzene rings is 1. The van der Waals surface area contributed by atoms with Crippen LogP contribution in [-0.4, -0.2) is 41.9 Å². The van der Waals surface area contributed by atoms with Crippen LogP contribution in [0.2, 0.25) is 0 Å². The van der Waals surface area contributed by atoms with Crippen LogP contribution in [0.5, 0.6) is 0 Å². The minimum atomic E-state index is -0.604. The molecule has 6 heteroatoms. The predicted molar refractivity (Wildman–Crippen MR) is 112 cm³/mol. The second-order valence-electron chi connectivity index (χ2n) is 7.97. The van der Waals surface area contributed by atoms with E-state index in [1.165, 1.54) is 17.4 Å². The summed E-state index contributed by atoms with van der Waals surface area (Å²) < 4.78 is 5.13. The van der Waals surface area contributed by atoms with Gasteiger partial charge in [-0.3, -0.25) is 14.5 Å². The molecule has 1 aromatic carbocycles. The third kappa shape index (κ3) is 5.26. The van der Waals surface area contributed by atoms with E-state index in [-0.39, 0.29) is 29.5 Å². The Morgan fingerprint density at radius 1 is 1.14 bits per heavy atom. The summed E-state index contributed by atoms with van der Waals surface area (Å²) in [6.45, 7) is 8.46. The predicted octanol–water partition coefficient (Wildman–Crippen LogP) is 2.99. The highest BCUT2D eigenvalue weighted by Gasteiger charge is 2.27. The molecule has 0 spiro atoms.